The number of nitrogens with one attached hydrogen (secondary N) is 1. The standard InChI is InChI=1S/C22H20F3N5O4/c1-14-11-20(29(27-14)16-4-2-3-15(12-16)22(23,24)25)26-21(31)18-13-17(30(32)33)5-6-19(18)28-7-9-34-10-8-28/h2-6,11-13H,7-10H2,1H3,(H,26,31). The molecule has 0 bridgehead atoms. The highest BCUT2D eigenvalue weighted by Crippen LogP contribution is 2.32. The molecule has 9 nitrogen and oxygen atoms in total. The van der Waals surface area contributed by atoms with Crippen LogP contribution in [0.25, 0.3) is 5.69 Å². The van der Waals surface area contributed by atoms with E-state index in [2.05, 4.69) is 10.4 Å². The molecule has 2 heterocycles. The zero-order valence-electron chi connectivity index (χ0n) is 18.0. The zero-order chi connectivity index (χ0) is 24.5. The number of alkyl halides is 3. The Hall–Kier alpha value is -3.93. The summed E-state index contributed by atoms with van der Waals surface area (Å²) in [5.41, 5.74) is -0.00179. The van der Waals surface area contributed by atoms with E-state index in [1.807, 2.05) is 4.90 Å². The molecule has 0 aliphatic carbocycles. The van der Waals surface area contributed by atoms with Gasteiger partial charge in [-0.05, 0) is 31.2 Å². The number of carbonyl (C=O) groups is 1. The summed E-state index contributed by atoms with van der Waals surface area (Å²) in [5, 5.41) is 18.2. The zero-order valence-corrected chi connectivity index (χ0v) is 18.0. The van der Waals surface area contributed by atoms with E-state index in [1.165, 1.54) is 41.1 Å². The minimum absolute atomic E-state index is 0.0607. The number of hydrogen-bond donors (Lipinski definition) is 1. The smallest absolute Gasteiger partial charge is 0.378 e. The Bertz CT molecular complexity index is 1240. The molecule has 0 unspecified atom stereocenters. The summed E-state index contributed by atoms with van der Waals surface area (Å²) in [6, 6.07) is 10.1. The van der Waals surface area contributed by atoms with Gasteiger partial charge in [0.1, 0.15) is 5.82 Å². The van der Waals surface area contributed by atoms with Gasteiger partial charge in [-0.2, -0.15) is 18.3 Å². The molecule has 1 N–H and O–H groups in total. The SMILES string of the molecule is Cc1cc(NC(=O)c2cc([N+](=O)[O-])ccc2N2CCOCC2)n(-c2cccc(C(F)(F)F)c2)n1. The van der Waals surface area contributed by atoms with Crippen LogP contribution in [-0.4, -0.2) is 46.9 Å². The van der Waals surface area contributed by atoms with E-state index in [1.54, 1.807) is 6.92 Å². The molecule has 3 aromatic rings. The van der Waals surface area contributed by atoms with Crippen LogP contribution in [0.2, 0.25) is 0 Å². The van der Waals surface area contributed by atoms with Crippen LogP contribution in [-0.2, 0) is 10.9 Å². The largest absolute Gasteiger partial charge is 0.416 e. The number of amides is 1. The average molecular weight is 475 g/mol. The van der Waals surface area contributed by atoms with Gasteiger partial charge in [-0.15, -0.1) is 0 Å². The molecule has 0 saturated carbocycles. The molecule has 34 heavy (non-hydrogen) atoms. The molecule has 1 saturated heterocycles. The lowest BCUT2D eigenvalue weighted by Crippen LogP contribution is -2.37. The minimum Gasteiger partial charge on any atom is -0.378 e. The van der Waals surface area contributed by atoms with Crippen LogP contribution in [0.15, 0.2) is 48.5 Å². The van der Waals surface area contributed by atoms with Crippen molar-refractivity contribution in [1.29, 1.82) is 0 Å². The number of aromatic nitrogens is 2. The van der Waals surface area contributed by atoms with Gasteiger partial charge >= 0.3 is 6.18 Å². The fourth-order valence-electron chi connectivity index (χ4n) is 3.68. The quantitative estimate of drug-likeness (QED) is 0.438. The lowest BCUT2D eigenvalue weighted by Gasteiger charge is -2.30. The van der Waals surface area contributed by atoms with Crippen LogP contribution in [0.5, 0.6) is 0 Å². The van der Waals surface area contributed by atoms with Gasteiger partial charge < -0.3 is 15.0 Å². The third-order valence-corrected chi connectivity index (χ3v) is 5.28. The normalized spacial score (nSPS) is 14.2. The monoisotopic (exact) mass is 475 g/mol. The van der Waals surface area contributed by atoms with Crippen molar-refractivity contribution in [3.63, 3.8) is 0 Å². The Kier molecular flexibility index (Phi) is 6.24. The van der Waals surface area contributed by atoms with Gasteiger partial charge in [-0.25, -0.2) is 4.68 Å². The second-order valence-electron chi connectivity index (χ2n) is 7.64. The van der Waals surface area contributed by atoms with Crippen molar-refractivity contribution in [2.45, 2.75) is 13.1 Å². The molecule has 2 aromatic carbocycles. The summed E-state index contributed by atoms with van der Waals surface area (Å²) < 4.78 is 46.1. The van der Waals surface area contributed by atoms with Crippen LogP contribution in [0.4, 0.5) is 30.4 Å². The number of hydrogen-bond acceptors (Lipinski definition) is 6. The number of nitro benzene ring substituents is 1. The highest BCUT2D eigenvalue weighted by Gasteiger charge is 2.31. The molecule has 1 aliphatic rings. The van der Waals surface area contributed by atoms with Crippen LogP contribution < -0.4 is 10.2 Å². The van der Waals surface area contributed by atoms with Crippen molar-refractivity contribution < 1.29 is 27.6 Å². The number of carbonyl (C=O) groups excluding carboxylic acids is 1. The average Bonchev–Trinajstić information content (AvgIpc) is 3.18. The lowest BCUT2D eigenvalue weighted by molar-refractivity contribution is -0.384. The second kappa shape index (κ2) is 9.14. The Morgan fingerprint density at radius 3 is 2.56 bits per heavy atom. The summed E-state index contributed by atoms with van der Waals surface area (Å²) >= 11 is 0. The van der Waals surface area contributed by atoms with Crippen molar-refractivity contribution >= 4 is 23.1 Å². The maximum Gasteiger partial charge on any atom is 0.416 e. The van der Waals surface area contributed by atoms with E-state index < -0.39 is 22.6 Å². The molecule has 178 valence electrons. The maximum atomic E-state index is 13.3. The van der Waals surface area contributed by atoms with Crippen LogP contribution >= 0.6 is 0 Å². The van der Waals surface area contributed by atoms with Crippen LogP contribution in [0.3, 0.4) is 0 Å². The Balaban J connectivity index is 1.70. The van der Waals surface area contributed by atoms with Gasteiger partial charge in [-0.1, -0.05) is 6.07 Å². The summed E-state index contributed by atoms with van der Waals surface area (Å²) in [7, 11) is 0. The van der Waals surface area contributed by atoms with Gasteiger partial charge in [0, 0.05) is 31.3 Å². The number of morpholine rings is 1. The molecule has 0 spiro atoms. The highest BCUT2D eigenvalue weighted by atomic mass is 19.4. The van der Waals surface area contributed by atoms with Crippen molar-refractivity contribution in [3.8, 4) is 5.69 Å². The van der Waals surface area contributed by atoms with E-state index in [4.69, 9.17) is 4.74 Å². The van der Waals surface area contributed by atoms with E-state index in [9.17, 15) is 28.1 Å². The van der Waals surface area contributed by atoms with Crippen molar-refractivity contribution in [3.05, 3.63) is 75.5 Å². The number of nitro groups is 1. The molecule has 0 atom stereocenters. The van der Waals surface area contributed by atoms with Gasteiger partial charge in [0.2, 0.25) is 0 Å². The number of rotatable bonds is 5. The number of aryl methyl sites for hydroxylation is 1. The summed E-state index contributed by atoms with van der Waals surface area (Å²) in [6.45, 7) is 3.52. The van der Waals surface area contributed by atoms with E-state index in [0.717, 1.165) is 12.1 Å². The number of halogens is 3. The molecule has 1 aromatic heterocycles. The summed E-state index contributed by atoms with van der Waals surface area (Å²) in [5.74, 6) is -0.528. The maximum absolute atomic E-state index is 13.3. The first-order valence-corrected chi connectivity index (χ1v) is 10.3. The molecular weight excluding hydrogens is 455 g/mol. The number of non-ortho nitro benzene ring substituents is 1. The van der Waals surface area contributed by atoms with Crippen molar-refractivity contribution in [1.82, 2.24) is 9.78 Å². The predicted molar refractivity (Wildman–Crippen MR) is 117 cm³/mol. The Morgan fingerprint density at radius 2 is 1.88 bits per heavy atom. The number of benzene rings is 2. The number of ether oxygens (including phenoxy) is 1. The fourth-order valence-corrected chi connectivity index (χ4v) is 3.68. The first-order valence-electron chi connectivity index (χ1n) is 10.3. The van der Waals surface area contributed by atoms with Gasteiger partial charge in [0.25, 0.3) is 11.6 Å². The molecular formula is C22H20F3N5O4. The summed E-state index contributed by atoms with van der Waals surface area (Å²) in [6.07, 6.45) is -4.54. The molecule has 12 heteroatoms. The van der Waals surface area contributed by atoms with Gasteiger partial charge in [0.15, 0.2) is 0 Å². The lowest BCUT2D eigenvalue weighted by atomic mass is 10.1. The topological polar surface area (TPSA) is 103 Å². The first kappa shape index (κ1) is 23.2. The summed E-state index contributed by atoms with van der Waals surface area (Å²) in [4.78, 5) is 25.9. The number of nitrogens with zero attached hydrogens (tertiary/aromatic N) is 4. The van der Waals surface area contributed by atoms with Gasteiger partial charge in [0.05, 0.1) is 46.3 Å². The third-order valence-electron chi connectivity index (χ3n) is 5.28. The molecule has 1 amide bonds. The minimum atomic E-state index is -4.54. The first-order chi connectivity index (χ1) is 16.1. The predicted octanol–water partition coefficient (Wildman–Crippen LogP) is 4.20. The van der Waals surface area contributed by atoms with Crippen LogP contribution in [0.1, 0.15) is 21.6 Å². The van der Waals surface area contributed by atoms with Gasteiger partial charge in [-0.3, -0.25) is 14.9 Å². The Morgan fingerprint density at radius 1 is 1.15 bits per heavy atom. The van der Waals surface area contributed by atoms with Crippen molar-refractivity contribution in [2.24, 2.45) is 0 Å². The third kappa shape index (κ3) is 4.86. The van der Waals surface area contributed by atoms with E-state index in [-0.39, 0.29) is 22.8 Å². The second-order valence-corrected chi connectivity index (χ2v) is 7.64. The molecule has 1 fully saturated rings. The molecule has 4 rings (SSSR count). The van der Waals surface area contributed by atoms with E-state index >= 15 is 0 Å². The molecule has 0 radical (unpaired) electrons. The van der Waals surface area contributed by atoms with Crippen molar-refractivity contribution in [2.75, 3.05) is 36.5 Å². The van der Waals surface area contributed by atoms with Crippen LogP contribution in [0, 0.1) is 17.0 Å². The Labute approximate surface area is 191 Å². The fraction of sp³-hybridized carbons (Fsp3) is 0.273. The van der Waals surface area contributed by atoms with E-state index in [0.29, 0.717) is 37.7 Å². The number of anilines is 2. The molecule has 1 aliphatic heterocycles. The highest BCUT2D eigenvalue weighted by molar-refractivity contribution is 6.08.